The van der Waals surface area contributed by atoms with Crippen LogP contribution in [0, 0.1) is 16.0 Å². The smallest absolute Gasteiger partial charge is 0.282 e. The maximum atomic E-state index is 12.1. The minimum Gasteiger partial charge on any atom is -0.378 e. The standard InChI is InChI=1S/C24H21BrClN3O4S2/c25-14-7-5-13(6-8-14)24-17-12-21(34-20-4-2-1-3-19(20)29(30)31)23(26)22(17)16-11-15(35(27,32)33)9-10-18(16)28-24/h1-11,17,21-24,28H,12H2,(H2,27,32,33)/t17-,21-,22-,23+,24-/m0/s1. The fraction of sp³-hybridized carbons (Fsp3) is 0.250. The molecule has 5 rings (SSSR count). The van der Waals surface area contributed by atoms with Crippen LogP contribution in [0.15, 0.2) is 81.0 Å². The molecule has 0 amide bonds. The van der Waals surface area contributed by atoms with Crippen molar-refractivity contribution >= 4 is 60.7 Å². The van der Waals surface area contributed by atoms with Crippen LogP contribution in [-0.4, -0.2) is 24.0 Å². The zero-order chi connectivity index (χ0) is 24.9. The van der Waals surface area contributed by atoms with Gasteiger partial charge in [0.15, 0.2) is 0 Å². The summed E-state index contributed by atoms with van der Waals surface area (Å²) in [6.45, 7) is 0. The summed E-state index contributed by atoms with van der Waals surface area (Å²) < 4.78 is 25.1. The average molecular weight is 595 g/mol. The van der Waals surface area contributed by atoms with Crippen molar-refractivity contribution in [1.82, 2.24) is 0 Å². The van der Waals surface area contributed by atoms with E-state index in [1.165, 1.54) is 23.9 Å². The maximum Gasteiger partial charge on any atom is 0.282 e. The number of hydrogen-bond donors (Lipinski definition) is 2. The SMILES string of the molecule is NS(=O)(=O)c1ccc2c(c1)[C@@H]1[C@H](Cl)[C@@H](Sc3ccccc3[N+](=O)[O-])C[C@@H]1[C@H](c1ccc(Br)cc1)N2. The van der Waals surface area contributed by atoms with Crippen LogP contribution in [0.1, 0.15) is 29.5 Å². The lowest BCUT2D eigenvalue weighted by molar-refractivity contribution is -0.387. The number of nitrogens with two attached hydrogens (primary N) is 1. The highest BCUT2D eigenvalue weighted by Gasteiger charge is 2.50. The number of alkyl halides is 1. The molecule has 2 aliphatic rings. The van der Waals surface area contributed by atoms with Crippen molar-refractivity contribution in [2.45, 2.75) is 38.8 Å². The van der Waals surface area contributed by atoms with Crippen LogP contribution in [0.3, 0.4) is 0 Å². The normalized spacial score (nSPS) is 25.4. The minimum atomic E-state index is -3.89. The van der Waals surface area contributed by atoms with E-state index in [1.54, 1.807) is 30.3 Å². The molecule has 5 atom stereocenters. The van der Waals surface area contributed by atoms with E-state index in [9.17, 15) is 18.5 Å². The first-order valence-electron chi connectivity index (χ1n) is 10.9. The van der Waals surface area contributed by atoms with E-state index in [-0.39, 0.29) is 44.0 Å². The van der Waals surface area contributed by atoms with Crippen molar-refractivity contribution in [1.29, 1.82) is 0 Å². The zero-order valence-electron chi connectivity index (χ0n) is 18.2. The van der Waals surface area contributed by atoms with E-state index >= 15 is 0 Å². The van der Waals surface area contributed by atoms with E-state index in [0.717, 1.165) is 21.3 Å². The van der Waals surface area contributed by atoms with Crippen LogP contribution in [0.5, 0.6) is 0 Å². The number of fused-ring (bicyclic) bond motifs is 3. The van der Waals surface area contributed by atoms with Crippen molar-refractivity contribution in [3.8, 4) is 0 Å². The topological polar surface area (TPSA) is 115 Å². The molecule has 3 N–H and O–H groups in total. The second-order valence-electron chi connectivity index (χ2n) is 8.72. The molecule has 35 heavy (non-hydrogen) atoms. The number of hydrogen-bond acceptors (Lipinski definition) is 6. The number of nitrogens with one attached hydrogen (secondary N) is 1. The van der Waals surface area contributed by atoms with Gasteiger partial charge in [0.2, 0.25) is 10.0 Å². The van der Waals surface area contributed by atoms with Crippen LogP contribution in [0.4, 0.5) is 11.4 Å². The molecular weight excluding hydrogens is 574 g/mol. The molecule has 0 unspecified atom stereocenters. The third-order valence-corrected chi connectivity index (χ3v) is 10.2. The second-order valence-corrected chi connectivity index (χ2v) is 13.0. The first-order chi connectivity index (χ1) is 16.6. The molecule has 7 nitrogen and oxygen atoms in total. The summed E-state index contributed by atoms with van der Waals surface area (Å²) in [5.41, 5.74) is 2.76. The van der Waals surface area contributed by atoms with Crippen molar-refractivity contribution in [3.63, 3.8) is 0 Å². The van der Waals surface area contributed by atoms with Crippen molar-refractivity contribution in [2.24, 2.45) is 11.1 Å². The highest BCUT2D eigenvalue weighted by Crippen LogP contribution is 2.58. The van der Waals surface area contributed by atoms with Crippen molar-refractivity contribution < 1.29 is 13.3 Å². The van der Waals surface area contributed by atoms with Crippen LogP contribution < -0.4 is 10.5 Å². The lowest BCUT2D eigenvalue weighted by atomic mass is 9.77. The number of para-hydroxylation sites is 1. The minimum absolute atomic E-state index is 0.0394. The second kappa shape index (κ2) is 9.40. The largest absolute Gasteiger partial charge is 0.378 e. The third kappa shape index (κ3) is 4.70. The predicted octanol–water partition coefficient (Wildman–Crippen LogP) is 6.04. The van der Waals surface area contributed by atoms with Gasteiger partial charge in [-0.15, -0.1) is 23.4 Å². The Morgan fingerprint density at radius 2 is 1.83 bits per heavy atom. The number of anilines is 1. The highest BCUT2D eigenvalue weighted by molar-refractivity contribution is 9.10. The number of nitro benzene ring substituents is 1. The van der Waals surface area contributed by atoms with Gasteiger partial charge in [-0.25, -0.2) is 13.6 Å². The van der Waals surface area contributed by atoms with Crippen molar-refractivity contribution in [3.05, 3.63) is 92.4 Å². The summed E-state index contributed by atoms with van der Waals surface area (Å²) in [5.74, 6) is -0.120. The molecule has 0 saturated heterocycles. The first-order valence-corrected chi connectivity index (χ1v) is 14.5. The Labute approximate surface area is 220 Å². The van der Waals surface area contributed by atoms with Gasteiger partial charge in [-0.05, 0) is 59.9 Å². The molecule has 1 heterocycles. The lowest BCUT2D eigenvalue weighted by Gasteiger charge is -2.38. The molecule has 0 aromatic heterocycles. The summed E-state index contributed by atoms with van der Waals surface area (Å²) in [5, 5.41) is 20.1. The number of sulfonamides is 1. The number of benzene rings is 3. The Morgan fingerprint density at radius 1 is 1.11 bits per heavy atom. The number of nitrogens with zero attached hydrogens (tertiary/aromatic N) is 1. The predicted molar refractivity (Wildman–Crippen MR) is 142 cm³/mol. The molecule has 1 fully saturated rings. The number of nitro groups is 1. The monoisotopic (exact) mass is 593 g/mol. The lowest BCUT2D eigenvalue weighted by Crippen LogP contribution is -2.31. The van der Waals surface area contributed by atoms with E-state index in [2.05, 4.69) is 21.2 Å². The van der Waals surface area contributed by atoms with Gasteiger partial charge in [-0.2, -0.15) is 0 Å². The Hall–Kier alpha value is -2.11. The fourth-order valence-electron chi connectivity index (χ4n) is 5.14. The molecule has 1 saturated carbocycles. The number of halogens is 2. The van der Waals surface area contributed by atoms with Gasteiger partial charge in [0.1, 0.15) is 0 Å². The van der Waals surface area contributed by atoms with E-state index in [0.29, 0.717) is 11.3 Å². The zero-order valence-corrected chi connectivity index (χ0v) is 22.1. The Morgan fingerprint density at radius 3 is 2.51 bits per heavy atom. The molecule has 0 radical (unpaired) electrons. The maximum absolute atomic E-state index is 12.1. The van der Waals surface area contributed by atoms with E-state index in [1.807, 2.05) is 24.3 Å². The van der Waals surface area contributed by atoms with E-state index < -0.39 is 10.0 Å². The van der Waals surface area contributed by atoms with Gasteiger partial charge >= 0.3 is 0 Å². The van der Waals surface area contributed by atoms with Crippen LogP contribution in [0.2, 0.25) is 0 Å². The fourth-order valence-corrected chi connectivity index (χ4v) is 7.90. The third-order valence-electron chi connectivity index (χ3n) is 6.68. The molecule has 3 aromatic carbocycles. The van der Waals surface area contributed by atoms with Crippen LogP contribution in [0.25, 0.3) is 0 Å². The number of thioether (sulfide) groups is 1. The number of primary sulfonamides is 1. The molecular formula is C24H21BrClN3O4S2. The molecule has 0 bridgehead atoms. The molecule has 1 aliphatic carbocycles. The molecule has 182 valence electrons. The summed E-state index contributed by atoms with van der Waals surface area (Å²) in [7, 11) is -3.89. The summed E-state index contributed by atoms with van der Waals surface area (Å²) in [6.07, 6.45) is 0.697. The molecule has 11 heteroatoms. The van der Waals surface area contributed by atoms with Gasteiger partial charge in [-0.1, -0.05) is 40.2 Å². The molecule has 3 aromatic rings. The summed E-state index contributed by atoms with van der Waals surface area (Å²) in [4.78, 5) is 11.8. The highest BCUT2D eigenvalue weighted by atomic mass is 79.9. The summed E-state index contributed by atoms with van der Waals surface area (Å²) >= 11 is 12.0. The van der Waals surface area contributed by atoms with Gasteiger partial charge in [0.05, 0.1) is 26.1 Å². The molecule has 1 aliphatic heterocycles. The number of rotatable bonds is 5. The van der Waals surface area contributed by atoms with Crippen LogP contribution in [-0.2, 0) is 10.0 Å². The Balaban J connectivity index is 1.57. The average Bonchev–Trinajstić information content (AvgIpc) is 3.14. The van der Waals surface area contributed by atoms with Gasteiger partial charge in [0, 0.05) is 27.4 Å². The van der Waals surface area contributed by atoms with Crippen molar-refractivity contribution in [2.75, 3.05) is 5.32 Å². The van der Waals surface area contributed by atoms with Gasteiger partial charge in [0.25, 0.3) is 5.69 Å². The molecule has 0 spiro atoms. The first kappa shape index (κ1) is 24.6. The van der Waals surface area contributed by atoms with Crippen LogP contribution >= 0.6 is 39.3 Å². The van der Waals surface area contributed by atoms with Gasteiger partial charge in [-0.3, -0.25) is 10.1 Å². The van der Waals surface area contributed by atoms with Gasteiger partial charge < -0.3 is 5.32 Å². The van der Waals surface area contributed by atoms with E-state index in [4.69, 9.17) is 16.7 Å². The Bertz CT molecular complexity index is 1400. The Kier molecular flexibility index (Phi) is 6.60. The summed E-state index contributed by atoms with van der Waals surface area (Å²) in [6, 6.07) is 19.5. The quantitative estimate of drug-likeness (QED) is 0.211.